The van der Waals surface area contributed by atoms with Crippen LogP contribution in [0.3, 0.4) is 0 Å². The van der Waals surface area contributed by atoms with Gasteiger partial charge in [-0.2, -0.15) is 0 Å². The van der Waals surface area contributed by atoms with Gasteiger partial charge in [-0.25, -0.2) is 0 Å². The van der Waals surface area contributed by atoms with Crippen molar-refractivity contribution in [2.24, 2.45) is 0 Å². The summed E-state index contributed by atoms with van der Waals surface area (Å²) in [5.41, 5.74) is 1.38. The van der Waals surface area contributed by atoms with Crippen LogP contribution < -0.4 is 0 Å². The maximum atomic E-state index is 12.4. The average Bonchev–Trinajstić information content (AvgIpc) is 3.09. The highest BCUT2D eigenvalue weighted by Gasteiger charge is 2.16. The van der Waals surface area contributed by atoms with E-state index in [1.807, 2.05) is 0 Å². The molecule has 7 heteroatoms. The van der Waals surface area contributed by atoms with E-state index < -0.39 is 12.6 Å². The Hall–Kier alpha value is -3.25. The SMILES string of the molecule is O=Cc1cn(C(=O)CCC(=O)OCC(=O)c2ccc(Cl)cc2)c2ccccc12. The summed E-state index contributed by atoms with van der Waals surface area (Å²) in [6, 6.07) is 13.3. The molecule has 3 rings (SSSR count). The van der Waals surface area contributed by atoms with E-state index in [4.69, 9.17) is 16.3 Å². The fraction of sp³-hybridized carbons (Fsp3) is 0.143. The minimum atomic E-state index is -0.650. The van der Waals surface area contributed by atoms with Crippen molar-refractivity contribution >= 4 is 46.4 Å². The molecule has 0 saturated carbocycles. The number of esters is 1. The first kappa shape index (κ1) is 19.5. The maximum Gasteiger partial charge on any atom is 0.306 e. The number of ketones is 1. The minimum Gasteiger partial charge on any atom is -0.457 e. The van der Waals surface area contributed by atoms with E-state index in [1.54, 1.807) is 48.5 Å². The van der Waals surface area contributed by atoms with Crippen LogP contribution in [0.15, 0.2) is 54.7 Å². The highest BCUT2D eigenvalue weighted by atomic mass is 35.5. The van der Waals surface area contributed by atoms with Gasteiger partial charge in [0.05, 0.1) is 11.9 Å². The van der Waals surface area contributed by atoms with Gasteiger partial charge in [-0.05, 0) is 30.3 Å². The number of hydrogen-bond donors (Lipinski definition) is 0. The average molecular weight is 398 g/mol. The maximum absolute atomic E-state index is 12.4. The van der Waals surface area contributed by atoms with Crippen LogP contribution in [0.1, 0.15) is 38.4 Å². The smallest absolute Gasteiger partial charge is 0.306 e. The number of aromatic nitrogens is 1. The number of ether oxygens (including phenoxy) is 1. The molecule has 3 aromatic rings. The summed E-state index contributed by atoms with van der Waals surface area (Å²) in [7, 11) is 0. The van der Waals surface area contributed by atoms with E-state index in [0.717, 1.165) is 0 Å². The van der Waals surface area contributed by atoms with Crippen LogP contribution in [0.2, 0.25) is 5.02 Å². The second-order valence-corrected chi connectivity index (χ2v) is 6.51. The second kappa shape index (κ2) is 8.63. The molecule has 2 aromatic carbocycles. The van der Waals surface area contributed by atoms with Crippen molar-refractivity contribution in [3.05, 3.63) is 70.9 Å². The van der Waals surface area contributed by atoms with Crippen molar-refractivity contribution < 1.29 is 23.9 Å². The van der Waals surface area contributed by atoms with Crippen LogP contribution in [-0.4, -0.2) is 35.1 Å². The summed E-state index contributed by atoms with van der Waals surface area (Å²) < 4.78 is 6.30. The Morgan fingerprint density at radius 1 is 1.00 bits per heavy atom. The number of Topliss-reactive ketones (excluding diaryl/α,β-unsaturated/α-hetero) is 1. The Kier molecular flexibility index (Phi) is 6.01. The minimum absolute atomic E-state index is 0.106. The Labute approximate surface area is 165 Å². The van der Waals surface area contributed by atoms with Gasteiger partial charge in [0.25, 0.3) is 0 Å². The number of hydrogen-bond acceptors (Lipinski definition) is 5. The van der Waals surface area contributed by atoms with Gasteiger partial charge < -0.3 is 4.74 Å². The van der Waals surface area contributed by atoms with Crippen molar-refractivity contribution in [2.75, 3.05) is 6.61 Å². The lowest BCUT2D eigenvalue weighted by molar-refractivity contribution is -0.142. The summed E-state index contributed by atoms with van der Waals surface area (Å²) >= 11 is 5.76. The van der Waals surface area contributed by atoms with Gasteiger partial charge in [-0.15, -0.1) is 0 Å². The molecule has 0 amide bonds. The molecule has 0 fully saturated rings. The first-order valence-electron chi connectivity index (χ1n) is 8.52. The molecule has 0 atom stereocenters. The Balaban J connectivity index is 1.56. The van der Waals surface area contributed by atoms with Crippen LogP contribution in [-0.2, 0) is 9.53 Å². The van der Waals surface area contributed by atoms with Crippen LogP contribution in [0.4, 0.5) is 0 Å². The lowest BCUT2D eigenvalue weighted by Crippen LogP contribution is -2.16. The molecule has 0 saturated heterocycles. The number of carbonyl (C=O) groups is 4. The first-order valence-corrected chi connectivity index (χ1v) is 8.90. The Bertz CT molecular complexity index is 1050. The molecule has 0 bridgehead atoms. The van der Waals surface area contributed by atoms with Crippen molar-refractivity contribution in [1.82, 2.24) is 4.57 Å². The van der Waals surface area contributed by atoms with Crippen molar-refractivity contribution in [1.29, 1.82) is 0 Å². The van der Waals surface area contributed by atoms with E-state index in [-0.39, 0.29) is 24.5 Å². The topological polar surface area (TPSA) is 82.4 Å². The number of aldehydes is 1. The third kappa shape index (κ3) is 4.35. The third-order valence-corrected chi connectivity index (χ3v) is 4.46. The van der Waals surface area contributed by atoms with Crippen LogP contribution in [0.5, 0.6) is 0 Å². The molecule has 0 aliphatic rings. The fourth-order valence-corrected chi connectivity index (χ4v) is 2.90. The fourth-order valence-electron chi connectivity index (χ4n) is 2.77. The van der Waals surface area contributed by atoms with Crippen molar-refractivity contribution in [3.63, 3.8) is 0 Å². The normalized spacial score (nSPS) is 10.6. The van der Waals surface area contributed by atoms with Gasteiger partial charge in [-0.1, -0.05) is 29.8 Å². The highest BCUT2D eigenvalue weighted by Crippen LogP contribution is 2.20. The zero-order valence-electron chi connectivity index (χ0n) is 14.8. The van der Waals surface area contributed by atoms with Crippen LogP contribution in [0.25, 0.3) is 10.9 Å². The molecule has 0 N–H and O–H groups in total. The first-order chi connectivity index (χ1) is 13.5. The van der Waals surface area contributed by atoms with E-state index >= 15 is 0 Å². The predicted octanol–water partition coefficient (Wildman–Crippen LogP) is 3.95. The van der Waals surface area contributed by atoms with E-state index in [1.165, 1.54) is 10.8 Å². The summed E-state index contributed by atoms with van der Waals surface area (Å²) in [5.74, 6) is -1.35. The predicted molar refractivity (Wildman–Crippen MR) is 104 cm³/mol. The molecule has 0 unspecified atom stereocenters. The standard InChI is InChI=1S/C21H16ClNO5/c22-16-7-5-14(6-8-16)19(25)13-28-21(27)10-9-20(26)23-11-15(12-24)17-3-1-2-4-18(17)23/h1-8,11-12H,9-10,13H2. The Morgan fingerprint density at radius 2 is 1.71 bits per heavy atom. The molecule has 1 heterocycles. The molecular weight excluding hydrogens is 382 g/mol. The van der Waals surface area contributed by atoms with Gasteiger partial charge >= 0.3 is 5.97 Å². The molecule has 0 aliphatic heterocycles. The monoisotopic (exact) mass is 397 g/mol. The zero-order valence-corrected chi connectivity index (χ0v) is 15.5. The van der Waals surface area contributed by atoms with Crippen LogP contribution in [0, 0.1) is 0 Å². The number of benzene rings is 2. The number of carbonyl (C=O) groups excluding carboxylic acids is 4. The van der Waals surface area contributed by atoms with Gasteiger partial charge in [0.1, 0.15) is 0 Å². The molecule has 142 valence electrons. The van der Waals surface area contributed by atoms with Crippen molar-refractivity contribution in [2.45, 2.75) is 12.8 Å². The van der Waals surface area contributed by atoms with E-state index in [2.05, 4.69) is 0 Å². The van der Waals surface area contributed by atoms with Gasteiger partial charge in [0.2, 0.25) is 5.91 Å². The molecule has 0 radical (unpaired) electrons. The summed E-state index contributed by atoms with van der Waals surface area (Å²) in [6.45, 7) is -0.406. The number of rotatable bonds is 7. The molecule has 0 spiro atoms. The molecular formula is C21H16ClNO5. The number of fused-ring (bicyclic) bond motifs is 1. The van der Waals surface area contributed by atoms with Crippen LogP contribution >= 0.6 is 11.6 Å². The quantitative estimate of drug-likeness (QED) is 0.342. The third-order valence-electron chi connectivity index (χ3n) is 4.21. The lowest BCUT2D eigenvalue weighted by Gasteiger charge is -2.06. The molecule has 28 heavy (non-hydrogen) atoms. The van der Waals surface area contributed by atoms with Gasteiger partial charge in [0.15, 0.2) is 18.7 Å². The van der Waals surface area contributed by atoms with E-state index in [0.29, 0.717) is 33.3 Å². The molecule has 1 aromatic heterocycles. The Morgan fingerprint density at radius 3 is 2.43 bits per heavy atom. The molecule has 6 nitrogen and oxygen atoms in total. The summed E-state index contributed by atoms with van der Waals surface area (Å²) in [5, 5.41) is 1.17. The lowest BCUT2D eigenvalue weighted by atomic mass is 10.1. The van der Waals surface area contributed by atoms with Gasteiger partial charge in [0, 0.05) is 34.2 Å². The highest BCUT2D eigenvalue weighted by molar-refractivity contribution is 6.30. The molecule has 0 aliphatic carbocycles. The summed E-state index contributed by atoms with van der Waals surface area (Å²) in [6.07, 6.45) is 1.86. The largest absolute Gasteiger partial charge is 0.457 e. The number of para-hydroxylation sites is 1. The number of halogens is 1. The van der Waals surface area contributed by atoms with E-state index in [9.17, 15) is 19.2 Å². The second-order valence-electron chi connectivity index (χ2n) is 6.07. The summed E-state index contributed by atoms with van der Waals surface area (Å²) in [4.78, 5) is 47.5. The number of nitrogens with zero attached hydrogens (tertiary/aromatic N) is 1. The zero-order chi connectivity index (χ0) is 20.1. The van der Waals surface area contributed by atoms with Gasteiger partial charge in [-0.3, -0.25) is 23.7 Å². The van der Waals surface area contributed by atoms with Crippen molar-refractivity contribution in [3.8, 4) is 0 Å².